The molecule has 0 radical (unpaired) electrons. The molecule has 0 saturated heterocycles. The molecule has 176 valence electrons. The molecule has 0 amide bonds. The van der Waals surface area contributed by atoms with Gasteiger partial charge in [-0.05, 0) is 42.3 Å². The predicted octanol–water partition coefficient (Wildman–Crippen LogP) is 4.90. The number of aromatic amines is 1. The number of nitrogens with zero attached hydrogens (tertiary/aromatic N) is 1. The minimum absolute atomic E-state index is 0.00391. The van der Waals surface area contributed by atoms with Crippen molar-refractivity contribution in [1.29, 1.82) is 0 Å². The van der Waals surface area contributed by atoms with Crippen molar-refractivity contribution in [3.05, 3.63) is 77.6 Å². The zero-order valence-electron chi connectivity index (χ0n) is 18.4. The number of halogens is 2. The van der Waals surface area contributed by atoms with Crippen LogP contribution in [0, 0.1) is 11.6 Å². The normalized spacial score (nSPS) is 11.5. The Morgan fingerprint density at radius 2 is 1.85 bits per heavy atom. The number of hydrogen-bond donors (Lipinski definition) is 2. The Morgan fingerprint density at radius 3 is 2.53 bits per heavy atom. The van der Waals surface area contributed by atoms with Crippen molar-refractivity contribution in [2.75, 3.05) is 17.6 Å². The Balaban J connectivity index is 1.76. The first-order chi connectivity index (χ1) is 16.2. The van der Waals surface area contributed by atoms with E-state index in [0.717, 1.165) is 17.7 Å². The van der Waals surface area contributed by atoms with Crippen LogP contribution >= 0.6 is 0 Å². The Morgan fingerprint density at radius 1 is 1.12 bits per heavy atom. The van der Waals surface area contributed by atoms with Crippen LogP contribution < -0.4 is 9.46 Å². The number of methoxy groups -OCH3 is 1. The Hall–Kier alpha value is -3.79. The summed E-state index contributed by atoms with van der Waals surface area (Å²) in [5, 5.41) is 0.370. The van der Waals surface area contributed by atoms with Crippen molar-refractivity contribution >= 4 is 32.5 Å². The number of rotatable bonds is 8. The summed E-state index contributed by atoms with van der Waals surface area (Å²) in [5.41, 5.74) is 0.512. The first-order valence-corrected chi connectivity index (χ1v) is 12.0. The molecule has 2 aromatic carbocycles. The van der Waals surface area contributed by atoms with Crippen LogP contribution in [0.5, 0.6) is 5.75 Å². The van der Waals surface area contributed by atoms with Crippen molar-refractivity contribution in [3.8, 4) is 16.9 Å². The third-order valence-electron chi connectivity index (χ3n) is 5.26. The molecule has 0 spiro atoms. The highest BCUT2D eigenvalue weighted by molar-refractivity contribution is 7.92. The Kier molecular flexibility index (Phi) is 6.34. The highest BCUT2D eigenvalue weighted by atomic mass is 32.2. The summed E-state index contributed by atoms with van der Waals surface area (Å²) in [6, 6.07) is 10.7. The van der Waals surface area contributed by atoms with Crippen molar-refractivity contribution < 1.29 is 26.7 Å². The van der Waals surface area contributed by atoms with Gasteiger partial charge in [-0.3, -0.25) is 9.52 Å². The van der Waals surface area contributed by atoms with E-state index in [1.165, 1.54) is 6.20 Å². The van der Waals surface area contributed by atoms with Crippen LogP contribution in [0.3, 0.4) is 0 Å². The standard InChI is InChI=1S/C24H21F2N3O4S/c1-3-10-34(31,32)29-20-9-8-19(25)21(22(20)26)23(30)18-13-28-24-17(18)11-15(12-27-24)14-4-6-16(33-2)7-5-14/h4-9,11-13,29H,3,10H2,1-2H3,(H,27,28). The van der Waals surface area contributed by atoms with Crippen molar-refractivity contribution in [2.24, 2.45) is 0 Å². The number of aromatic nitrogens is 2. The lowest BCUT2D eigenvalue weighted by atomic mass is 10.00. The highest BCUT2D eigenvalue weighted by Gasteiger charge is 2.26. The van der Waals surface area contributed by atoms with Gasteiger partial charge in [0, 0.05) is 28.9 Å². The molecule has 34 heavy (non-hydrogen) atoms. The molecule has 0 saturated carbocycles. The number of ether oxygens (including phenoxy) is 1. The summed E-state index contributed by atoms with van der Waals surface area (Å²) in [6.45, 7) is 1.65. The van der Waals surface area contributed by atoms with Gasteiger partial charge in [-0.1, -0.05) is 19.1 Å². The molecule has 10 heteroatoms. The average molecular weight is 486 g/mol. The van der Waals surface area contributed by atoms with Crippen LogP contribution in [-0.2, 0) is 10.0 Å². The maximum absolute atomic E-state index is 15.1. The second-order valence-corrected chi connectivity index (χ2v) is 9.43. The summed E-state index contributed by atoms with van der Waals surface area (Å²) in [7, 11) is -2.28. The molecule has 0 bridgehead atoms. The van der Waals surface area contributed by atoms with Gasteiger partial charge in [0.1, 0.15) is 17.2 Å². The van der Waals surface area contributed by atoms with Gasteiger partial charge in [0.05, 0.1) is 24.1 Å². The molecule has 0 aliphatic rings. The van der Waals surface area contributed by atoms with Crippen LogP contribution in [0.1, 0.15) is 29.3 Å². The van der Waals surface area contributed by atoms with E-state index in [1.807, 2.05) is 12.1 Å². The highest BCUT2D eigenvalue weighted by Crippen LogP contribution is 2.30. The third kappa shape index (κ3) is 4.49. The van der Waals surface area contributed by atoms with Gasteiger partial charge >= 0.3 is 0 Å². The van der Waals surface area contributed by atoms with E-state index >= 15 is 4.39 Å². The van der Waals surface area contributed by atoms with Crippen LogP contribution in [0.25, 0.3) is 22.2 Å². The number of carbonyl (C=O) groups is 1. The van der Waals surface area contributed by atoms with Crippen molar-refractivity contribution in [1.82, 2.24) is 9.97 Å². The number of nitrogens with one attached hydrogen (secondary N) is 2. The lowest BCUT2D eigenvalue weighted by Gasteiger charge is -2.11. The number of carbonyl (C=O) groups excluding carboxylic acids is 1. The first kappa shape index (κ1) is 23.4. The van der Waals surface area contributed by atoms with E-state index in [1.54, 1.807) is 38.4 Å². The van der Waals surface area contributed by atoms with Gasteiger partial charge in [0.2, 0.25) is 15.8 Å². The van der Waals surface area contributed by atoms with E-state index in [4.69, 9.17) is 4.74 Å². The minimum Gasteiger partial charge on any atom is -0.497 e. The van der Waals surface area contributed by atoms with E-state index < -0.39 is 38.7 Å². The van der Waals surface area contributed by atoms with Gasteiger partial charge in [-0.2, -0.15) is 0 Å². The molecule has 0 fully saturated rings. The van der Waals surface area contributed by atoms with Gasteiger partial charge in [-0.15, -0.1) is 0 Å². The van der Waals surface area contributed by atoms with Gasteiger partial charge in [-0.25, -0.2) is 22.2 Å². The largest absolute Gasteiger partial charge is 0.497 e. The molecule has 4 rings (SSSR count). The molecule has 0 aliphatic heterocycles. The smallest absolute Gasteiger partial charge is 0.232 e. The fourth-order valence-electron chi connectivity index (χ4n) is 3.59. The maximum atomic E-state index is 15.1. The molecule has 0 unspecified atom stereocenters. The number of hydrogen-bond acceptors (Lipinski definition) is 5. The number of anilines is 1. The summed E-state index contributed by atoms with van der Waals surface area (Å²) >= 11 is 0. The summed E-state index contributed by atoms with van der Waals surface area (Å²) in [5.74, 6) is -2.88. The monoisotopic (exact) mass is 485 g/mol. The van der Waals surface area contributed by atoms with E-state index in [-0.39, 0.29) is 11.3 Å². The topological polar surface area (TPSA) is 101 Å². The number of sulfonamides is 1. The first-order valence-electron chi connectivity index (χ1n) is 10.4. The van der Waals surface area contributed by atoms with E-state index in [0.29, 0.717) is 28.8 Å². The Bertz CT molecular complexity index is 1480. The number of pyridine rings is 1. The second-order valence-electron chi connectivity index (χ2n) is 7.58. The fraction of sp³-hybridized carbons (Fsp3) is 0.167. The molecule has 2 aromatic heterocycles. The van der Waals surface area contributed by atoms with Crippen LogP contribution in [0.15, 0.2) is 54.9 Å². The van der Waals surface area contributed by atoms with Crippen molar-refractivity contribution in [2.45, 2.75) is 13.3 Å². The number of H-pyrrole nitrogens is 1. The Labute approximate surface area is 194 Å². The molecule has 0 aliphatic carbocycles. The summed E-state index contributed by atoms with van der Waals surface area (Å²) in [4.78, 5) is 20.4. The fourth-order valence-corrected chi connectivity index (χ4v) is 4.73. The number of benzene rings is 2. The molecule has 0 atom stereocenters. The van der Waals surface area contributed by atoms with Gasteiger partial charge in [0.25, 0.3) is 0 Å². The summed E-state index contributed by atoms with van der Waals surface area (Å²) < 4.78 is 61.1. The molecular formula is C24H21F2N3O4S. The molecule has 7 nitrogen and oxygen atoms in total. The summed E-state index contributed by atoms with van der Waals surface area (Å²) in [6.07, 6.45) is 3.24. The van der Waals surface area contributed by atoms with E-state index in [9.17, 15) is 17.6 Å². The van der Waals surface area contributed by atoms with Gasteiger partial charge in [0.15, 0.2) is 5.82 Å². The minimum atomic E-state index is -3.84. The van der Waals surface area contributed by atoms with Crippen LogP contribution in [-0.4, -0.2) is 37.0 Å². The van der Waals surface area contributed by atoms with Crippen molar-refractivity contribution in [3.63, 3.8) is 0 Å². The molecular weight excluding hydrogens is 464 g/mol. The predicted molar refractivity (Wildman–Crippen MR) is 126 cm³/mol. The van der Waals surface area contributed by atoms with Crippen LogP contribution in [0.2, 0.25) is 0 Å². The number of ketones is 1. The molecule has 2 N–H and O–H groups in total. The third-order valence-corrected chi connectivity index (χ3v) is 6.73. The van der Waals surface area contributed by atoms with E-state index in [2.05, 4.69) is 14.7 Å². The zero-order valence-corrected chi connectivity index (χ0v) is 19.2. The lowest BCUT2D eigenvalue weighted by molar-refractivity contribution is 0.103. The lowest BCUT2D eigenvalue weighted by Crippen LogP contribution is -2.18. The SMILES string of the molecule is CCCS(=O)(=O)Nc1ccc(F)c(C(=O)c2c[nH]c3ncc(-c4ccc(OC)cc4)cc23)c1F. The maximum Gasteiger partial charge on any atom is 0.232 e. The number of fused-ring (bicyclic) bond motifs is 1. The quantitative estimate of drug-likeness (QED) is 0.346. The van der Waals surface area contributed by atoms with Gasteiger partial charge < -0.3 is 9.72 Å². The second kappa shape index (κ2) is 9.22. The van der Waals surface area contributed by atoms with Crippen LogP contribution in [0.4, 0.5) is 14.5 Å². The molecule has 4 aromatic rings. The average Bonchev–Trinajstić information content (AvgIpc) is 3.24. The zero-order chi connectivity index (χ0) is 24.5. The molecule has 2 heterocycles.